The van der Waals surface area contributed by atoms with Crippen LogP contribution in [0.3, 0.4) is 0 Å². The third kappa shape index (κ3) is 3.56. The molecule has 1 aromatic heterocycles. The fourth-order valence-corrected chi connectivity index (χ4v) is 3.18. The SMILES string of the molecule is O=C(NC[C@@H]1CCCOC1)c1ccc(-c2nc3ccccc3[nH]2)cc1. The van der Waals surface area contributed by atoms with E-state index < -0.39 is 0 Å². The van der Waals surface area contributed by atoms with Gasteiger partial charge in [-0.15, -0.1) is 0 Å². The first-order valence-electron chi connectivity index (χ1n) is 8.71. The molecule has 1 aliphatic rings. The van der Waals surface area contributed by atoms with Crippen LogP contribution >= 0.6 is 0 Å². The Bertz CT molecular complexity index is 831. The molecule has 0 aliphatic carbocycles. The highest BCUT2D eigenvalue weighted by molar-refractivity contribution is 5.94. The van der Waals surface area contributed by atoms with E-state index in [0.29, 0.717) is 18.0 Å². The Kier molecular flexibility index (Phi) is 4.48. The molecule has 0 bridgehead atoms. The summed E-state index contributed by atoms with van der Waals surface area (Å²) in [6.07, 6.45) is 2.19. The van der Waals surface area contributed by atoms with Crippen LogP contribution in [0, 0.1) is 5.92 Å². The second-order valence-corrected chi connectivity index (χ2v) is 6.47. The summed E-state index contributed by atoms with van der Waals surface area (Å²) < 4.78 is 5.45. The molecule has 1 atom stereocenters. The van der Waals surface area contributed by atoms with E-state index in [2.05, 4.69) is 15.3 Å². The first-order valence-corrected chi connectivity index (χ1v) is 8.71. The zero-order valence-corrected chi connectivity index (χ0v) is 14.0. The van der Waals surface area contributed by atoms with Gasteiger partial charge < -0.3 is 15.0 Å². The molecule has 1 amide bonds. The molecule has 1 saturated heterocycles. The fourth-order valence-electron chi connectivity index (χ4n) is 3.18. The summed E-state index contributed by atoms with van der Waals surface area (Å²) in [6.45, 7) is 2.25. The van der Waals surface area contributed by atoms with Crippen molar-refractivity contribution in [1.29, 1.82) is 0 Å². The van der Waals surface area contributed by atoms with E-state index in [1.807, 2.05) is 48.5 Å². The Balaban J connectivity index is 1.43. The van der Waals surface area contributed by atoms with Crippen molar-refractivity contribution in [3.8, 4) is 11.4 Å². The molecule has 0 spiro atoms. The number of carbonyl (C=O) groups is 1. The number of aromatic amines is 1. The van der Waals surface area contributed by atoms with Crippen LogP contribution in [0.25, 0.3) is 22.4 Å². The number of aromatic nitrogens is 2. The molecular weight excluding hydrogens is 314 g/mol. The number of imidazole rings is 1. The summed E-state index contributed by atoms with van der Waals surface area (Å²) in [4.78, 5) is 20.2. The summed E-state index contributed by atoms with van der Waals surface area (Å²) in [5, 5.41) is 3.01. The van der Waals surface area contributed by atoms with E-state index in [9.17, 15) is 4.79 Å². The van der Waals surface area contributed by atoms with Crippen molar-refractivity contribution in [2.45, 2.75) is 12.8 Å². The third-order valence-electron chi connectivity index (χ3n) is 4.62. The molecule has 1 aliphatic heterocycles. The third-order valence-corrected chi connectivity index (χ3v) is 4.62. The smallest absolute Gasteiger partial charge is 0.251 e. The van der Waals surface area contributed by atoms with Crippen LogP contribution < -0.4 is 5.32 Å². The number of benzene rings is 2. The summed E-state index contributed by atoms with van der Waals surface area (Å²) in [5.41, 5.74) is 3.58. The van der Waals surface area contributed by atoms with Gasteiger partial charge >= 0.3 is 0 Å². The van der Waals surface area contributed by atoms with Gasteiger partial charge in [-0.25, -0.2) is 4.98 Å². The summed E-state index contributed by atoms with van der Waals surface area (Å²) in [5.74, 6) is 1.20. The lowest BCUT2D eigenvalue weighted by molar-refractivity contribution is 0.0536. The predicted molar refractivity (Wildman–Crippen MR) is 97.4 cm³/mol. The van der Waals surface area contributed by atoms with E-state index in [1.165, 1.54) is 0 Å². The first kappa shape index (κ1) is 15.8. The van der Waals surface area contributed by atoms with Crippen LogP contribution in [0.2, 0.25) is 0 Å². The van der Waals surface area contributed by atoms with E-state index in [1.54, 1.807) is 0 Å². The number of ether oxygens (including phenoxy) is 1. The number of fused-ring (bicyclic) bond motifs is 1. The predicted octanol–water partition coefficient (Wildman–Crippen LogP) is 3.39. The molecule has 2 aromatic carbocycles. The van der Waals surface area contributed by atoms with Crippen molar-refractivity contribution in [3.05, 3.63) is 54.1 Å². The number of nitrogens with zero attached hydrogens (tertiary/aromatic N) is 1. The number of amides is 1. The average molecular weight is 335 g/mol. The maximum Gasteiger partial charge on any atom is 0.251 e. The second kappa shape index (κ2) is 7.07. The molecule has 0 unspecified atom stereocenters. The van der Waals surface area contributed by atoms with Crippen molar-refractivity contribution in [1.82, 2.24) is 15.3 Å². The second-order valence-electron chi connectivity index (χ2n) is 6.47. The maximum absolute atomic E-state index is 12.3. The maximum atomic E-state index is 12.3. The van der Waals surface area contributed by atoms with Crippen molar-refractivity contribution in [2.24, 2.45) is 5.92 Å². The molecule has 25 heavy (non-hydrogen) atoms. The normalized spacial score (nSPS) is 17.5. The Morgan fingerprint density at radius 1 is 1.20 bits per heavy atom. The zero-order valence-electron chi connectivity index (χ0n) is 14.0. The lowest BCUT2D eigenvalue weighted by Gasteiger charge is -2.22. The molecule has 0 saturated carbocycles. The van der Waals surface area contributed by atoms with Gasteiger partial charge in [-0.05, 0) is 43.0 Å². The van der Waals surface area contributed by atoms with Crippen molar-refractivity contribution < 1.29 is 9.53 Å². The quantitative estimate of drug-likeness (QED) is 0.768. The van der Waals surface area contributed by atoms with Crippen LogP contribution in [0.15, 0.2) is 48.5 Å². The van der Waals surface area contributed by atoms with Crippen LogP contribution in [0.4, 0.5) is 0 Å². The molecule has 2 N–H and O–H groups in total. The van der Waals surface area contributed by atoms with Gasteiger partial charge in [0.25, 0.3) is 5.91 Å². The van der Waals surface area contributed by atoms with Crippen LogP contribution in [0.1, 0.15) is 23.2 Å². The van der Waals surface area contributed by atoms with Crippen LogP contribution in [-0.4, -0.2) is 35.6 Å². The highest BCUT2D eigenvalue weighted by atomic mass is 16.5. The van der Waals surface area contributed by atoms with E-state index in [4.69, 9.17) is 4.74 Å². The highest BCUT2D eigenvalue weighted by Gasteiger charge is 2.15. The summed E-state index contributed by atoms with van der Waals surface area (Å²) in [6, 6.07) is 15.5. The van der Waals surface area contributed by atoms with E-state index >= 15 is 0 Å². The van der Waals surface area contributed by atoms with Gasteiger partial charge in [0, 0.05) is 24.3 Å². The highest BCUT2D eigenvalue weighted by Crippen LogP contribution is 2.20. The monoisotopic (exact) mass is 335 g/mol. The lowest BCUT2D eigenvalue weighted by Crippen LogP contribution is -2.33. The molecule has 1 fully saturated rings. The van der Waals surface area contributed by atoms with Crippen molar-refractivity contribution in [3.63, 3.8) is 0 Å². The number of hydrogen-bond acceptors (Lipinski definition) is 3. The first-order chi connectivity index (χ1) is 12.3. The van der Waals surface area contributed by atoms with Crippen LogP contribution in [0.5, 0.6) is 0 Å². The van der Waals surface area contributed by atoms with Crippen LogP contribution in [-0.2, 0) is 4.74 Å². The van der Waals surface area contributed by atoms with Gasteiger partial charge in [0.1, 0.15) is 5.82 Å². The molecular formula is C20H21N3O2. The Morgan fingerprint density at radius 3 is 2.80 bits per heavy atom. The molecule has 5 nitrogen and oxygen atoms in total. The minimum Gasteiger partial charge on any atom is -0.381 e. The largest absolute Gasteiger partial charge is 0.381 e. The topological polar surface area (TPSA) is 67.0 Å². The fraction of sp³-hybridized carbons (Fsp3) is 0.300. The minimum atomic E-state index is -0.0401. The average Bonchev–Trinajstić information content (AvgIpc) is 3.11. The molecule has 0 radical (unpaired) electrons. The van der Waals surface area contributed by atoms with E-state index in [-0.39, 0.29) is 5.91 Å². The number of H-pyrrole nitrogens is 1. The van der Waals surface area contributed by atoms with Crippen molar-refractivity contribution >= 4 is 16.9 Å². The Hall–Kier alpha value is -2.66. The Morgan fingerprint density at radius 2 is 2.04 bits per heavy atom. The molecule has 128 valence electrons. The van der Waals surface area contributed by atoms with Gasteiger partial charge in [0.05, 0.1) is 17.6 Å². The van der Waals surface area contributed by atoms with Gasteiger partial charge in [-0.1, -0.05) is 24.3 Å². The Labute approximate surface area is 146 Å². The zero-order chi connectivity index (χ0) is 17.1. The van der Waals surface area contributed by atoms with E-state index in [0.717, 1.165) is 48.5 Å². The van der Waals surface area contributed by atoms with Gasteiger partial charge in [0.2, 0.25) is 0 Å². The lowest BCUT2D eigenvalue weighted by atomic mass is 10.0. The molecule has 5 heteroatoms. The molecule has 3 aromatic rings. The summed E-state index contributed by atoms with van der Waals surface area (Å²) >= 11 is 0. The number of rotatable bonds is 4. The number of hydrogen-bond donors (Lipinski definition) is 2. The number of nitrogens with one attached hydrogen (secondary N) is 2. The van der Waals surface area contributed by atoms with Crippen molar-refractivity contribution in [2.75, 3.05) is 19.8 Å². The summed E-state index contributed by atoms with van der Waals surface area (Å²) in [7, 11) is 0. The van der Waals surface area contributed by atoms with Gasteiger partial charge in [0.15, 0.2) is 0 Å². The minimum absolute atomic E-state index is 0.0401. The van der Waals surface area contributed by atoms with Gasteiger partial charge in [-0.3, -0.25) is 4.79 Å². The molecule has 4 rings (SSSR count). The number of para-hydroxylation sites is 2. The molecule has 2 heterocycles. The number of carbonyl (C=O) groups excluding carboxylic acids is 1. The van der Waals surface area contributed by atoms with Gasteiger partial charge in [-0.2, -0.15) is 0 Å². The standard InChI is InChI=1S/C20H21N3O2/c24-20(21-12-14-4-3-11-25-13-14)16-9-7-15(8-10-16)19-22-17-5-1-2-6-18(17)23-19/h1-2,5-10,14H,3-4,11-13H2,(H,21,24)(H,22,23)/t14-/m0/s1.